The van der Waals surface area contributed by atoms with Crippen molar-refractivity contribution in [2.75, 3.05) is 18.5 Å². The summed E-state index contributed by atoms with van der Waals surface area (Å²) >= 11 is 0. The molecule has 0 saturated heterocycles. The number of nitrogens with zero attached hydrogens (tertiary/aromatic N) is 2. The Morgan fingerprint density at radius 1 is 1.21 bits per heavy atom. The van der Waals surface area contributed by atoms with Gasteiger partial charge in [-0.3, -0.25) is 0 Å². The number of benzene rings is 1. The van der Waals surface area contributed by atoms with E-state index in [-0.39, 0.29) is 12.0 Å². The summed E-state index contributed by atoms with van der Waals surface area (Å²) in [7, 11) is 0. The molecule has 4 nitrogen and oxygen atoms in total. The number of fused-ring (bicyclic) bond motifs is 1. The number of nitrogens with one attached hydrogen (secondary N) is 1. The van der Waals surface area contributed by atoms with E-state index in [0.717, 1.165) is 36.0 Å². The van der Waals surface area contributed by atoms with Crippen molar-refractivity contribution >= 4 is 16.6 Å². The number of hydrogen-bond donors (Lipinski definition) is 2. The average molecular weight is 257 g/mol. The van der Waals surface area contributed by atoms with Crippen LogP contribution in [0.1, 0.15) is 25.7 Å². The van der Waals surface area contributed by atoms with E-state index < -0.39 is 0 Å². The maximum absolute atomic E-state index is 9.64. The Balaban J connectivity index is 1.82. The lowest BCUT2D eigenvalue weighted by Crippen LogP contribution is -2.30. The van der Waals surface area contributed by atoms with E-state index in [9.17, 15) is 5.11 Å². The van der Waals surface area contributed by atoms with Crippen LogP contribution in [0, 0.1) is 5.41 Å². The normalized spacial score (nSPS) is 17.7. The van der Waals surface area contributed by atoms with Crippen molar-refractivity contribution in [1.29, 1.82) is 0 Å². The van der Waals surface area contributed by atoms with Crippen molar-refractivity contribution in [3.63, 3.8) is 0 Å². The molecular weight excluding hydrogens is 238 g/mol. The second kappa shape index (κ2) is 5.13. The standard InChI is InChI=1S/C15H19N3O/c19-11-15(7-3-4-8-15)10-16-14-9-17-18-13-6-2-1-5-12(13)14/h1-2,5-6,9,19H,3-4,7-8,10-11H2,(H,16,18). The summed E-state index contributed by atoms with van der Waals surface area (Å²) in [6.45, 7) is 1.07. The second-order valence-corrected chi connectivity index (χ2v) is 5.49. The third-order valence-electron chi connectivity index (χ3n) is 4.20. The molecule has 3 rings (SSSR count). The van der Waals surface area contributed by atoms with Crippen LogP contribution >= 0.6 is 0 Å². The first-order chi connectivity index (χ1) is 9.33. The van der Waals surface area contributed by atoms with Crippen molar-refractivity contribution in [3.05, 3.63) is 30.5 Å². The lowest BCUT2D eigenvalue weighted by Gasteiger charge is -2.27. The molecule has 100 valence electrons. The van der Waals surface area contributed by atoms with Crippen LogP contribution in [-0.4, -0.2) is 28.5 Å². The Kier molecular flexibility index (Phi) is 3.34. The molecular formula is C15H19N3O. The molecule has 1 fully saturated rings. The number of aliphatic hydroxyl groups is 1. The number of hydrogen-bond acceptors (Lipinski definition) is 4. The molecule has 0 amide bonds. The zero-order chi connectivity index (χ0) is 13.1. The van der Waals surface area contributed by atoms with Gasteiger partial charge in [0.05, 0.1) is 24.0 Å². The largest absolute Gasteiger partial charge is 0.396 e. The molecule has 1 aromatic carbocycles. The predicted molar refractivity (Wildman–Crippen MR) is 76.0 cm³/mol. The maximum Gasteiger partial charge on any atom is 0.0950 e. The summed E-state index contributed by atoms with van der Waals surface area (Å²) in [5.74, 6) is 0. The Labute approximate surface area is 112 Å². The van der Waals surface area contributed by atoms with Crippen LogP contribution in [0.2, 0.25) is 0 Å². The van der Waals surface area contributed by atoms with Gasteiger partial charge in [-0.25, -0.2) is 0 Å². The molecule has 19 heavy (non-hydrogen) atoms. The van der Waals surface area contributed by atoms with Crippen LogP contribution < -0.4 is 5.32 Å². The molecule has 0 unspecified atom stereocenters. The minimum Gasteiger partial charge on any atom is -0.396 e. The molecule has 1 saturated carbocycles. The quantitative estimate of drug-likeness (QED) is 0.884. The van der Waals surface area contributed by atoms with Crippen LogP contribution in [0.3, 0.4) is 0 Å². The summed E-state index contributed by atoms with van der Waals surface area (Å²) < 4.78 is 0. The summed E-state index contributed by atoms with van der Waals surface area (Å²) in [5.41, 5.74) is 1.95. The minimum atomic E-state index is 0.0460. The summed E-state index contributed by atoms with van der Waals surface area (Å²) in [6.07, 6.45) is 6.41. The first kappa shape index (κ1) is 12.4. The molecule has 2 N–H and O–H groups in total. The zero-order valence-electron chi connectivity index (χ0n) is 11.0. The van der Waals surface area contributed by atoms with E-state index in [1.165, 1.54) is 12.8 Å². The highest BCUT2D eigenvalue weighted by atomic mass is 16.3. The van der Waals surface area contributed by atoms with Gasteiger partial charge in [0.2, 0.25) is 0 Å². The van der Waals surface area contributed by atoms with Crippen molar-refractivity contribution in [2.24, 2.45) is 5.41 Å². The first-order valence-corrected chi connectivity index (χ1v) is 6.88. The van der Waals surface area contributed by atoms with Crippen molar-refractivity contribution in [1.82, 2.24) is 10.2 Å². The highest BCUT2D eigenvalue weighted by molar-refractivity contribution is 5.90. The Morgan fingerprint density at radius 2 is 2.00 bits per heavy atom. The van der Waals surface area contributed by atoms with Gasteiger partial charge in [0.25, 0.3) is 0 Å². The van der Waals surface area contributed by atoms with Gasteiger partial charge < -0.3 is 10.4 Å². The van der Waals surface area contributed by atoms with Crippen LogP contribution in [0.4, 0.5) is 5.69 Å². The Hall–Kier alpha value is -1.68. The lowest BCUT2D eigenvalue weighted by atomic mass is 9.87. The molecule has 0 atom stereocenters. The molecule has 1 aromatic heterocycles. The fourth-order valence-corrected chi connectivity index (χ4v) is 2.95. The fraction of sp³-hybridized carbons (Fsp3) is 0.467. The van der Waals surface area contributed by atoms with Crippen molar-refractivity contribution in [2.45, 2.75) is 25.7 Å². The average Bonchev–Trinajstić information content (AvgIpc) is 2.94. The van der Waals surface area contributed by atoms with Gasteiger partial charge in [0.1, 0.15) is 0 Å². The van der Waals surface area contributed by atoms with Gasteiger partial charge in [0, 0.05) is 17.3 Å². The molecule has 1 aliphatic carbocycles. The molecule has 2 aromatic rings. The van der Waals surface area contributed by atoms with Gasteiger partial charge in [-0.05, 0) is 18.9 Å². The van der Waals surface area contributed by atoms with E-state index in [1.807, 2.05) is 24.3 Å². The minimum absolute atomic E-state index is 0.0460. The Bertz CT molecular complexity index is 559. The molecule has 0 radical (unpaired) electrons. The highest BCUT2D eigenvalue weighted by Crippen LogP contribution is 2.38. The lowest BCUT2D eigenvalue weighted by molar-refractivity contribution is 0.142. The first-order valence-electron chi connectivity index (χ1n) is 6.88. The van der Waals surface area contributed by atoms with E-state index in [1.54, 1.807) is 6.20 Å². The third-order valence-corrected chi connectivity index (χ3v) is 4.20. The molecule has 0 spiro atoms. The molecule has 0 aliphatic heterocycles. The maximum atomic E-state index is 9.64. The summed E-state index contributed by atoms with van der Waals surface area (Å²) in [5, 5.41) is 22.3. The van der Waals surface area contributed by atoms with E-state index in [4.69, 9.17) is 0 Å². The van der Waals surface area contributed by atoms with Crippen molar-refractivity contribution < 1.29 is 5.11 Å². The second-order valence-electron chi connectivity index (χ2n) is 5.49. The van der Waals surface area contributed by atoms with E-state index in [2.05, 4.69) is 15.5 Å². The fourth-order valence-electron chi connectivity index (χ4n) is 2.95. The molecule has 0 bridgehead atoms. The van der Waals surface area contributed by atoms with E-state index >= 15 is 0 Å². The van der Waals surface area contributed by atoms with Gasteiger partial charge in [-0.15, -0.1) is 0 Å². The predicted octanol–water partition coefficient (Wildman–Crippen LogP) is 2.59. The molecule has 4 heteroatoms. The van der Waals surface area contributed by atoms with Crippen LogP contribution in [0.15, 0.2) is 30.5 Å². The van der Waals surface area contributed by atoms with Crippen LogP contribution in [0.25, 0.3) is 10.9 Å². The third kappa shape index (κ3) is 2.40. The van der Waals surface area contributed by atoms with Gasteiger partial charge >= 0.3 is 0 Å². The molecule has 1 heterocycles. The van der Waals surface area contributed by atoms with Crippen LogP contribution in [0.5, 0.6) is 0 Å². The van der Waals surface area contributed by atoms with E-state index in [0.29, 0.717) is 0 Å². The SMILES string of the molecule is OCC1(CNc2cnnc3ccccc23)CCCC1. The topological polar surface area (TPSA) is 58.0 Å². The summed E-state index contributed by atoms with van der Waals surface area (Å²) in [6, 6.07) is 7.98. The smallest absolute Gasteiger partial charge is 0.0950 e. The number of rotatable bonds is 4. The number of aliphatic hydroxyl groups excluding tert-OH is 1. The van der Waals surface area contributed by atoms with Crippen LogP contribution in [-0.2, 0) is 0 Å². The highest BCUT2D eigenvalue weighted by Gasteiger charge is 2.32. The monoisotopic (exact) mass is 257 g/mol. The summed E-state index contributed by atoms with van der Waals surface area (Å²) in [4.78, 5) is 0. The van der Waals surface area contributed by atoms with Gasteiger partial charge in [0.15, 0.2) is 0 Å². The van der Waals surface area contributed by atoms with Gasteiger partial charge in [-0.1, -0.05) is 31.0 Å². The van der Waals surface area contributed by atoms with Gasteiger partial charge in [-0.2, -0.15) is 10.2 Å². The molecule has 1 aliphatic rings. The number of aromatic nitrogens is 2. The van der Waals surface area contributed by atoms with Crippen molar-refractivity contribution in [3.8, 4) is 0 Å². The number of anilines is 1. The zero-order valence-corrected chi connectivity index (χ0v) is 11.0. The Morgan fingerprint density at radius 3 is 2.79 bits per heavy atom.